The molecule has 0 saturated carbocycles. The van der Waals surface area contributed by atoms with Crippen molar-refractivity contribution in [3.05, 3.63) is 72.8 Å². The van der Waals surface area contributed by atoms with Crippen LogP contribution in [0.2, 0.25) is 0 Å². The number of aryl methyl sites for hydroxylation is 1. The molecule has 5 aromatic rings. The molecule has 1 heteroatoms. The Morgan fingerprint density at radius 1 is 0.500 bits per heavy atom. The van der Waals surface area contributed by atoms with E-state index in [-0.39, 0.29) is 0 Å². The van der Waals surface area contributed by atoms with Gasteiger partial charge in [-0.2, -0.15) is 0 Å². The van der Waals surface area contributed by atoms with Crippen molar-refractivity contribution in [2.75, 3.05) is 0 Å². The molecule has 1 heterocycles. The number of rotatable bonds is 0. The zero-order valence-corrected chi connectivity index (χ0v) is 13.4. The Kier molecular flexibility index (Phi) is 2.10. The molecule has 1 nitrogen and oxygen atoms in total. The van der Waals surface area contributed by atoms with Crippen molar-refractivity contribution in [2.24, 2.45) is 7.05 Å². The average molecular weight is 305 g/mol. The monoisotopic (exact) mass is 305 g/mol. The third-order valence-corrected chi connectivity index (χ3v) is 5.55. The molecular formula is C23H15N. The summed E-state index contributed by atoms with van der Waals surface area (Å²) in [5.41, 5.74) is 7.97. The lowest BCUT2D eigenvalue weighted by molar-refractivity contribution is 1.01. The van der Waals surface area contributed by atoms with E-state index in [0.717, 1.165) is 0 Å². The van der Waals surface area contributed by atoms with E-state index in [1.807, 2.05) is 0 Å². The van der Waals surface area contributed by atoms with Crippen molar-refractivity contribution in [3.8, 4) is 22.3 Å². The Morgan fingerprint density at radius 3 is 1.92 bits per heavy atom. The zero-order chi connectivity index (χ0) is 15.8. The molecule has 1 aromatic heterocycles. The van der Waals surface area contributed by atoms with Crippen LogP contribution in [0.3, 0.4) is 0 Å². The van der Waals surface area contributed by atoms with Gasteiger partial charge in [-0.3, -0.25) is 0 Å². The molecule has 0 N–H and O–H groups in total. The molecule has 1 aliphatic rings. The third kappa shape index (κ3) is 1.28. The fourth-order valence-corrected chi connectivity index (χ4v) is 4.51. The highest BCUT2D eigenvalue weighted by Crippen LogP contribution is 2.48. The normalized spacial score (nSPS) is 12.4. The first-order valence-corrected chi connectivity index (χ1v) is 8.37. The summed E-state index contributed by atoms with van der Waals surface area (Å²) >= 11 is 0. The van der Waals surface area contributed by atoms with E-state index >= 15 is 0 Å². The molecule has 0 unspecified atom stereocenters. The van der Waals surface area contributed by atoms with Crippen molar-refractivity contribution >= 4 is 32.6 Å². The van der Waals surface area contributed by atoms with Gasteiger partial charge < -0.3 is 4.57 Å². The maximum atomic E-state index is 2.33. The molecule has 1 aliphatic carbocycles. The molecule has 6 rings (SSSR count). The van der Waals surface area contributed by atoms with E-state index < -0.39 is 0 Å². The second-order valence-corrected chi connectivity index (χ2v) is 6.67. The van der Waals surface area contributed by atoms with Crippen LogP contribution in [0.1, 0.15) is 0 Å². The Morgan fingerprint density at radius 2 is 1.12 bits per heavy atom. The van der Waals surface area contributed by atoms with Crippen LogP contribution in [0.25, 0.3) is 54.8 Å². The van der Waals surface area contributed by atoms with Gasteiger partial charge in [-0.1, -0.05) is 60.7 Å². The summed E-state index contributed by atoms with van der Waals surface area (Å²) in [7, 11) is 2.18. The Hall–Kier alpha value is -3.06. The van der Waals surface area contributed by atoms with Crippen molar-refractivity contribution in [3.63, 3.8) is 0 Å². The molecule has 0 aliphatic heterocycles. The standard InChI is InChI=1S/C23H15N/c1-24-19-11-5-10-18-16-8-3-2-7-15(16)17-9-4-6-14-12-13-20(24)23(21(14)17)22(18)19/h2-13H,1H3. The van der Waals surface area contributed by atoms with E-state index in [0.29, 0.717) is 0 Å². The van der Waals surface area contributed by atoms with Crippen LogP contribution >= 0.6 is 0 Å². The molecule has 0 fully saturated rings. The van der Waals surface area contributed by atoms with Crippen LogP contribution in [0.4, 0.5) is 0 Å². The number of benzene rings is 4. The highest BCUT2D eigenvalue weighted by atomic mass is 14.9. The van der Waals surface area contributed by atoms with Crippen molar-refractivity contribution < 1.29 is 0 Å². The van der Waals surface area contributed by atoms with Gasteiger partial charge >= 0.3 is 0 Å². The van der Waals surface area contributed by atoms with E-state index in [1.54, 1.807) is 0 Å². The van der Waals surface area contributed by atoms with Crippen LogP contribution in [0, 0.1) is 0 Å². The van der Waals surface area contributed by atoms with Gasteiger partial charge in [0.1, 0.15) is 0 Å². The summed E-state index contributed by atoms with van der Waals surface area (Å²) in [6.45, 7) is 0. The minimum Gasteiger partial charge on any atom is -0.344 e. The fraction of sp³-hybridized carbons (Fsp3) is 0.0435. The van der Waals surface area contributed by atoms with Gasteiger partial charge in [0.15, 0.2) is 0 Å². The van der Waals surface area contributed by atoms with Crippen molar-refractivity contribution in [2.45, 2.75) is 0 Å². The van der Waals surface area contributed by atoms with Gasteiger partial charge in [0.05, 0.1) is 0 Å². The Bertz CT molecular complexity index is 1300. The Balaban J connectivity index is 2.09. The summed E-state index contributed by atoms with van der Waals surface area (Å²) in [6, 6.07) is 26.7. The summed E-state index contributed by atoms with van der Waals surface area (Å²) in [5.74, 6) is 0. The van der Waals surface area contributed by atoms with Crippen LogP contribution in [0.5, 0.6) is 0 Å². The first-order valence-electron chi connectivity index (χ1n) is 8.37. The first-order chi connectivity index (χ1) is 11.8. The SMILES string of the molecule is Cn1c2cccc3c2c2c4c(cccc4ccc21)-c1ccccc1-3. The minimum atomic E-state index is 1.31. The summed E-state index contributed by atoms with van der Waals surface area (Å²) < 4.78 is 2.33. The molecule has 24 heavy (non-hydrogen) atoms. The molecule has 4 aromatic carbocycles. The average Bonchev–Trinajstić information content (AvgIpc) is 2.86. The minimum absolute atomic E-state index is 1.31. The quantitative estimate of drug-likeness (QED) is 0.318. The van der Waals surface area contributed by atoms with E-state index in [1.165, 1.54) is 54.8 Å². The first kappa shape index (κ1) is 12.4. The number of aromatic nitrogens is 1. The number of nitrogens with zero attached hydrogens (tertiary/aromatic N) is 1. The lowest BCUT2D eigenvalue weighted by Gasteiger charge is -2.11. The largest absolute Gasteiger partial charge is 0.344 e. The maximum Gasteiger partial charge on any atom is 0.0495 e. The fourth-order valence-electron chi connectivity index (χ4n) is 4.51. The van der Waals surface area contributed by atoms with Crippen molar-refractivity contribution in [1.29, 1.82) is 0 Å². The highest BCUT2D eigenvalue weighted by Gasteiger charge is 2.22. The van der Waals surface area contributed by atoms with Gasteiger partial charge in [-0.15, -0.1) is 0 Å². The van der Waals surface area contributed by atoms with Gasteiger partial charge in [0.25, 0.3) is 0 Å². The third-order valence-electron chi connectivity index (χ3n) is 5.55. The van der Waals surface area contributed by atoms with E-state index in [4.69, 9.17) is 0 Å². The summed E-state index contributed by atoms with van der Waals surface area (Å²) in [6.07, 6.45) is 0. The molecule has 0 amide bonds. The predicted octanol–water partition coefficient (Wildman–Crippen LogP) is 6.13. The molecule has 112 valence electrons. The maximum absolute atomic E-state index is 2.33. The van der Waals surface area contributed by atoms with Crippen LogP contribution in [-0.2, 0) is 7.05 Å². The van der Waals surface area contributed by atoms with Crippen LogP contribution < -0.4 is 0 Å². The molecule has 0 radical (unpaired) electrons. The van der Waals surface area contributed by atoms with Gasteiger partial charge in [-0.05, 0) is 45.2 Å². The molecular weight excluding hydrogens is 290 g/mol. The smallest absolute Gasteiger partial charge is 0.0495 e. The lowest BCUT2D eigenvalue weighted by Crippen LogP contribution is -1.89. The molecule has 0 bridgehead atoms. The predicted molar refractivity (Wildman–Crippen MR) is 102 cm³/mol. The van der Waals surface area contributed by atoms with Gasteiger partial charge in [-0.25, -0.2) is 0 Å². The highest BCUT2D eigenvalue weighted by molar-refractivity contribution is 6.29. The second kappa shape index (κ2) is 4.07. The zero-order valence-electron chi connectivity index (χ0n) is 13.4. The summed E-state index contributed by atoms with van der Waals surface area (Å²) in [4.78, 5) is 0. The molecule has 0 spiro atoms. The molecule has 0 atom stereocenters. The number of hydrogen-bond donors (Lipinski definition) is 0. The summed E-state index contributed by atoms with van der Waals surface area (Å²) in [5, 5.41) is 5.49. The second-order valence-electron chi connectivity index (χ2n) is 6.67. The van der Waals surface area contributed by atoms with Gasteiger partial charge in [0.2, 0.25) is 0 Å². The topological polar surface area (TPSA) is 4.93 Å². The van der Waals surface area contributed by atoms with E-state index in [9.17, 15) is 0 Å². The van der Waals surface area contributed by atoms with Gasteiger partial charge in [0, 0.05) is 28.9 Å². The number of hydrogen-bond acceptors (Lipinski definition) is 0. The Labute approximate surface area is 139 Å². The van der Waals surface area contributed by atoms with Crippen molar-refractivity contribution in [1.82, 2.24) is 4.57 Å². The lowest BCUT2D eigenvalue weighted by atomic mass is 9.93. The van der Waals surface area contributed by atoms with Crippen LogP contribution in [-0.4, -0.2) is 4.57 Å². The molecule has 0 saturated heterocycles. The number of fused-ring (bicyclic) bond motifs is 3. The van der Waals surface area contributed by atoms with E-state index in [2.05, 4.69) is 84.4 Å². The van der Waals surface area contributed by atoms with Crippen LogP contribution in [0.15, 0.2) is 72.8 Å².